The lowest BCUT2D eigenvalue weighted by atomic mass is 10.2. The van der Waals surface area contributed by atoms with Gasteiger partial charge in [0.1, 0.15) is 5.82 Å². The fraction of sp³-hybridized carbons (Fsp3) is 0.158. The first kappa shape index (κ1) is 20.3. The molecule has 0 aliphatic heterocycles. The average molecular weight is 482 g/mol. The molecule has 1 heterocycles. The number of aromatic amines is 1. The first-order chi connectivity index (χ1) is 12.3. The van der Waals surface area contributed by atoms with Crippen molar-refractivity contribution in [3.05, 3.63) is 77.2 Å². The Morgan fingerprint density at radius 3 is 2.46 bits per heavy atom. The van der Waals surface area contributed by atoms with Gasteiger partial charge in [-0.05, 0) is 17.2 Å². The Morgan fingerprint density at radius 2 is 1.73 bits per heavy atom. The van der Waals surface area contributed by atoms with E-state index < -0.39 is 0 Å². The van der Waals surface area contributed by atoms with Crippen molar-refractivity contribution in [3.63, 3.8) is 0 Å². The highest BCUT2D eigenvalue weighted by Gasteiger charge is 2.05. The molecule has 136 valence electrons. The average Bonchev–Trinajstić information content (AvgIpc) is 3.13. The number of nitrogens with zero attached hydrogens (tertiary/aromatic N) is 2. The number of halogens is 2. The number of aromatic nitrogens is 2. The minimum absolute atomic E-state index is 0. The number of aliphatic imine (C=N–C) groups is 1. The Balaban J connectivity index is 0.00000243. The van der Waals surface area contributed by atoms with Crippen molar-refractivity contribution in [2.75, 3.05) is 7.05 Å². The standard InChI is InChI=1S/C19H20ClN5.HI/c1-21-19(23-11-15-9-5-6-10-16(15)20)24-13-18-22-12-17(25-18)14-7-3-2-4-8-14;/h2-10,12H,11,13H2,1H3,(H,22,25)(H2,21,23,24);1H. The zero-order valence-corrected chi connectivity index (χ0v) is 17.5. The second-order valence-electron chi connectivity index (χ2n) is 5.48. The van der Waals surface area contributed by atoms with E-state index in [9.17, 15) is 0 Å². The lowest BCUT2D eigenvalue weighted by molar-refractivity contribution is 0.782. The summed E-state index contributed by atoms with van der Waals surface area (Å²) in [6.45, 7) is 1.15. The third-order valence-electron chi connectivity index (χ3n) is 3.76. The van der Waals surface area contributed by atoms with Crippen LogP contribution in [0.2, 0.25) is 5.02 Å². The molecular weight excluding hydrogens is 461 g/mol. The summed E-state index contributed by atoms with van der Waals surface area (Å²) < 4.78 is 0. The predicted octanol–water partition coefficient (Wildman–Crippen LogP) is 4.21. The normalized spacial score (nSPS) is 10.9. The minimum atomic E-state index is 0. The lowest BCUT2D eigenvalue weighted by Crippen LogP contribution is -2.36. The Morgan fingerprint density at radius 1 is 1.04 bits per heavy atom. The van der Waals surface area contributed by atoms with E-state index in [4.69, 9.17) is 11.6 Å². The van der Waals surface area contributed by atoms with Crippen molar-refractivity contribution in [3.8, 4) is 11.3 Å². The van der Waals surface area contributed by atoms with Crippen molar-refractivity contribution in [2.45, 2.75) is 13.1 Å². The monoisotopic (exact) mass is 481 g/mol. The molecule has 0 saturated carbocycles. The second-order valence-corrected chi connectivity index (χ2v) is 5.89. The number of H-pyrrole nitrogens is 1. The number of nitrogens with one attached hydrogen (secondary N) is 3. The third-order valence-corrected chi connectivity index (χ3v) is 4.13. The van der Waals surface area contributed by atoms with Crippen LogP contribution in [0.3, 0.4) is 0 Å². The van der Waals surface area contributed by atoms with Crippen molar-refractivity contribution in [2.24, 2.45) is 4.99 Å². The maximum atomic E-state index is 6.17. The maximum Gasteiger partial charge on any atom is 0.191 e. The number of rotatable bonds is 5. The Kier molecular flexibility index (Phi) is 7.93. The van der Waals surface area contributed by atoms with Crippen LogP contribution in [-0.4, -0.2) is 23.0 Å². The molecule has 0 unspecified atom stereocenters. The van der Waals surface area contributed by atoms with Gasteiger partial charge in [-0.3, -0.25) is 4.99 Å². The van der Waals surface area contributed by atoms with Gasteiger partial charge in [-0.15, -0.1) is 24.0 Å². The molecular formula is C19H21ClIN5. The van der Waals surface area contributed by atoms with E-state index in [1.807, 2.05) is 48.7 Å². The van der Waals surface area contributed by atoms with Crippen LogP contribution in [0, 0.1) is 0 Å². The van der Waals surface area contributed by atoms with Crippen LogP contribution >= 0.6 is 35.6 Å². The fourth-order valence-electron chi connectivity index (χ4n) is 2.43. The SMILES string of the molecule is CN=C(NCc1ncc(-c2ccccc2)[nH]1)NCc1ccccc1Cl.I. The van der Waals surface area contributed by atoms with Crippen molar-refractivity contribution in [1.29, 1.82) is 0 Å². The van der Waals surface area contributed by atoms with E-state index in [0.717, 1.165) is 27.7 Å². The highest BCUT2D eigenvalue weighted by Crippen LogP contribution is 2.16. The molecule has 5 nitrogen and oxygen atoms in total. The summed E-state index contributed by atoms with van der Waals surface area (Å²) in [5.41, 5.74) is 3.13. The fourth-order valence-corrected chi connectivity index (χ4v) is 2.63. The number of guanidine groups is 1. The molecule has 0 aliphatic carbocycles. The predicted molar refractivity (Wildman–Crippen MR) is 118 cm³/mol. The summed E-state index contributed by atoms with van der Waals surface area (Å²) in [5, 5.41) is 7.23. The molecule has 0 spiro atoms. The van der Waals surface area contributed by atoms with E-state index in [0.29, 0.717) is 19.0 Å². The summed E-state index contributed by atoms with van der Waals surface area (Å²) in [4.78, 5) is 11.9. The summed E-state index contributed by atoms with van der Waals surface area (Å²) in [7, 11) is 1.74. The van der Waals surface area contributed by atoms with Gasteiger partial charge in [-0.2, -0.15) is 0 Å². The van der Waals surface area contributed by atoms with Crippen LogP contribution in [0.5, 0.6) is 0 Å². The first-order valence-corrected chi connectivity index (χ1v) is 8.41. The molecule has 0 aliphatic rings. The number of benzene rings is 2. The van der Waals surface area contributed by atoms with Crippen LogP contribution < -0.4 is 10.6 Å². The van der Waals surface area contributed by atoms with Crippen molar-refractivity contribution in [1.82, 2.24) is 20.6 Å². The molecule has 1 aromatic heterocycles. The Hall–Kier alpha value is -2.06. The molecule has 0 amide bonds. The van der Waals surface area contributed by atoms with Gasteiger partial charge in [0.25, 0.3) is 0 Å². The van der Waals surface area contributed by atoms with Gasteiger partial charge in [0.2, 0.25) is 0 Å². The van der Waals surface area contributed by atoms with E-state index in [1.54, 1.807) is 7.05 Å². The maximum absolute atomic E-state index is 6.17. The van der Waals surface area contributed by atoms with Crippen LogP contribution in [0.15, 0.2) is 65.8 Å². The highest BCUT2D eigenvalue weighted by molar-refractivity contribution is 14.0. The number of hydrogen-bond donors (Lipinski definition) is 3. The zero-order valence-electron chi connectivity index (χ0n) is 14.4. The van der Waals surface area contributed by atoms with Crippen LogP contribution in [-0.2, 0) is 13.1 Å². The molecule has 3 N–H and O–H groups in total. The lowest BCUT2D eigenvalue weighted by Gasteiger charge is -2.11. The molecule has 3 aromatic rings. The topological polar surface area (TPSA) is 65.1 Å². The summed E-state index contributed by atoms with van der Waals surface area (Å²) >= 11 is 6.17. The molecule has 0 fully saturated rings. The quantitative estimate of drug-likeness (QED) is 0.291. The van der Waals surface area contributed by atoms with Gasteiger partial charge in [0, 0.05) is 18.6 Å². The van der Waals surface area contributed by atoms with E-state index >= 15 is 0 Å². The molecule has 26 heavy (non-hydrogen) atoms. The summed E-state index contributed by atoms with van der Waals surface area (Å²) in [6, 6.07) is 17.9. The van der Waals surface area contributed by atoms with Gasteiger partial charge in [-0.1, -0.05) is 60.1 Å². The largest absolute Gasteiger partial charge is 0.352 e. The first-order valence-electron chi connectivity index (χ1n) is 8.03. The van der Waals surface area contributed by atoms with Gasteiger partial charge < -0.3 is 15.6 Å². The van der Waals surface area contributed by atoms with Crippen LogP contribution in [0.1, 0.15) is 11.4 Å². The molecule has 3 rings (SSSR count). The molecule has 0 radical (unpaired) electrons. The Labute approximate surface area is 175 Å². The minimum Gasteiger partial charge on any atom is -0.352 e. The van der Waals surface area contributed by atoms with Crippen LogP contribution in [0.25, 0.3) is 11.3 Å². The smallest absolute Gasteiger partial charge is 0.191 e. The Bertz CT molecular complexity index is 848. The van der Waals surface area contributed by atoms with Gasteiger partial charge >= 0.3 is 0 Å². The molecule has 2 aromatic carbocycles. The van der Waals surface area contributed by atoms with E-state index in [1.165, 1.54) is 0 Å². The van der Waals surface area contributed by atoms with Crippen molar-refractivity contribution < 1.29 is 0 Å². The van der Waals surface area contributed by atoms with Crippen LogP contribution in [0.4, 0.5) is 0 Å². The zero-order chi connectivity index (χ0) is 17.5. The van der Waals surface area contributed by atoms with Gasteiger partial charge in [0.15, 0.2) is 5.96 Å². The van der Waals surface area contributed by atoms with E-state index in [-0.39, 0.29) is 24.0 Å². The van der Waals surface area contributed by atoms with E-state index in [2.05, 4.69) is 37.7 Å². The second kappa shape index (κ2) is 10.2. The number of hydrogen-bond acceptors (Lipinski definition) is 2. The van der Waals surface area contributed by atoms with Gasteiger partial charge in [0.05, 0.1) is 18.4 Å². The molecule has 0 saturated heterocycles. The molecule has 0 atom stereocenters. The molecule has 0 bridgehead atoms. The summed E-state index contributed by atoms with van der Waals surface area (Å²) in [5.74, 6) is 1.54. The van der Waals surface area contributed by atoms with Crippen molar-refractivity contribution >= 4 is 41.5 Å². The highest BCUT2D eigenvalue weighted by atomic mass is 127. The summed E-state index contributed by atoms with van der Waals surface area (Å²) in [6.07, 6.45) is 1.84. The number of imidazole rings is 1. The van der Waals surface area contributed by atoms with Gasteiger partial charge in [-0.25, -0.2) is 4.98 Å². The third kappa shape index (κ3) is 5.47. The molecule has 7 heteroatoms.